The van der Waals surface area contributed by atoms with E-state index in [1.807, 2.05) is 31.2 Å². The summed E-state index contributed by atoms with van der Waals surface area (Å²) in [6.45, 7) is 6.28. The van der Waals surface area contributed by atoms with Gasteiger partial charge in [-0.2, -0.15) is 0 Å². The van der Waals surface area contributed by atoms with Crippen molar-refractivity contribution < 1.29 is 19.1 Å². The lowest BCUT2D eigenvalue weighted by Gasteiger charge is -2.06. The summed E-state index contributed by atoms with van der Waals surface area (Å²) in [6.07, 6.45) is 0. The molecule has 0 aromatic heterocycles. The van der Waals surface area contributed by atoms with E-state index in [1.165, 1.54) is 0 Å². The van der Waals surface area contributed by atoms with E-state index in [4.69, 9.17) is 55.9 Å². The number of benzene rings is 2. The van der Waals surface area contributed by atoms with Crippen LogP contribution < -0.4 is 0 Å². The average molecular weight is 719 g/mol. The lowest BCUT2D eigenvalue weighted by Crippen LogP contribution is -2.07. The summed E-state index contributed by atoms with van der Waals surface area (Å²) < 4.78 is 10.0. The molecule has 4 nitrogen and oxygen atoms in total. The molecular formula is C21H21Br3Cl4O4. The van der Waals surface area contributed by atoms with Crippen molar-refractivity contribution in [1.29, 1.82) is 0 Å². The third kappa shape index (κ3) is 14.3. The van der Waals surface area contributed by atoms with E-state index in [0.717, 1.165) is 20.1 Å². The molecule has 0 heterocycles. The SMILES string of the molecule is CCOC(=O)c1cc(Br)ccc1C.CCOC(=O)c1cc(Br)ccc1CBr.ClC(Cl)(Cl)Cl. The van der Waals surface area contributed by atoms with Crippen molar-refractivity contribution in [3.63, 3.8) is 0 Å². The minimum atomic E-state index is -1.61. The van der Waals surface area contributed by atoms with Gasteiger partial charge in [0.05, 0.1) is 24.3 Å². The molecule has 32 heavy (non-hydrogen) atoms. The lowest BCUT2D eigenvalue weighted by atomic mass is 10.1. The number of alkyl halides is 5. The first-order valence-electron chi connectivity index (χ1n) is 9.04. The van der Waals surface area contributed by atoms with Crippen LogP contribution in [-0.4, -0.2) is 28.4 Å². The summed E-state index contributed by atoms with van der Waals surface area (Å²) in [5, 5.41) is 0.647. The van der Waals surface area contributed by atoms with Gasteiger partial charge in [0.25, 0.3) is 3.25 Å². The molecule has 0 spiro atoms. The Balaban J connectivity index is 0.000000499. The van der Waals surface area contributed by atoms with Crippen molar-refractivity contribution in [2.24, 2.45) is 0 Å². The molecule has 0 radical (unpaired) electrons. The molecule has 0 saturated heterocycles. The van der Waals surface area contributed by atoms with Crippen molar-refractivity contribution in [1.82, 2.24) is 0 Å². The second kappa shape index (κ2) is 16.6. The molecule has 0 aliphatic rings. The van der Waals surface area contributed by atoms with Crippen molar-refractivity contribution in [2.75, 3.05) is 13.2 Å². The first-order chi connectivity index (χ1) is 14.8. The van der Waals surface area contributed by atoms with Gasteiger partial charge in [0.1, 0.15) is 0 Å². The number of hydrogen-bond donors (Lipinski definition) is 0. The van der Waals surface area contributed by atoms with E-state index in [2.05, 4.69) is 47.8 Å². The highest BCUT2D eigenvalue weighted by Crippen LogP contribution is 2.29. The Kier molecular flexibility index (Phi) is 16.6. The monoisotopic (exact) mass is 714 g/mol. The van der Waals surface area contributed by atoms with Crippen LogP contribution in [0.5, 0.6) is 0 Å². The normalized spacial score (nSPS) is 10.2. The van der Waals surface area contributed by atoms with Crippen LogP contribution in [0.3, 0.4) is 0 Å². The molecule has 2 aromatic rings. The molecule has 0 saturated carbocycles. The van der Waals surface area contributed by atoms with Gasteiger partial charge in [0.15, 0.2) is 0 Å². The number of rotatable bonds is 5. The largest absolute Gasteiger partial charge is 0.462 e. The van der Waals surface area contributed by atoms with E-state index in [9.17, 15) is 9.59 Å². The first-order valence-corrected chi connectivity index (χ1v) is 13.3. The van der Waals surface area contributed by atoms with Gasteiger partial charge in [0.2, 0.25) is 0 Å². The molecule has 2 aromatic carbocycles. The molecule has 0 N–H and O–H groups in total. The third-order valence-electron chi connectivity index (χ3n) is 3.41. The maximum Gasteiger partial charge on any atom is 0.338 e. The Morgan fingerprint density at radius 2 is 1.25 bits per heavy atom. The number of carbonyl (C=O) groups excluding carboxylic acids is 2. The molecule has 178 valence electrons. The number of ether oxygens (including phenoxy) is 2. The summed E-state index contributed by atoms with van der Waals surface area (Å²) in [7, 11) is 0. The van der Waals surface area contributed by atoms with Crippen LogP contribution >= 0.6 is 94.2 Å². The topological polar surface area (TPSA) is 52.6 Å². The quantitative estimate of drug-likeness (QED) is 0.229. The molecule has 0 bridgehead atoms. The predicted octanol–water partition coefficient (Wildman–Crippen LogP) is 9.01. The van der Waals surface area contributed by atoms with E-state index in [0.29, 0.717) is 29.7 Å². The van der Waals surface area contributed by atoms with Crippen molar-refractivity contribution >= 4 is 106 Å². The number of aryl methyl sites for hydroxylation is 1. The number of esters is 2. The zero-order valence-electron chi connectivity index (χ0n) is 17.4. The molecule has 0 unspecified atom stereocenters. The highest BCUT2D eigenvalue weighted by atomic mass is 79.9. The van der Waals surface area contributed by atoms with Gasteiger partial charge in [0, 0.05) is 14.3 Å². The summed E-state index contributed by atoms with van der Waals surface area (Å²) in [6, 6.07) is 11.1. The summed E-state index contributed by atoms with van der Waals surface area (Å²) in [5.74, 6) is -0.537. The number of carbonyl (C=O) groups is 2. The Bertz CT molecular complexity index is 884. The van der Waals surface area contributed by atoms with E-state index in [1.54, 1.807) is 26.0 Å². The molecule has 0 aliphatic carbocycles. The zero-order valence-corrected chi connectivity index (χ0v) is 25.1. The standard InChI is InChI=1S/C10H10Br2O2.C10H11BrO2.CCl4/c1-2-14-10(13)9-5-8(12)4-3-7(9)6-11;1-3-13-10(12)9-6-8(11)5-4-7(9)2;2-1(3,4)5/h3-5H,2,6H2,1H3;4-6H,3H2,1-2H3;. The van der Waals surface area contributed by atoms with Gasteiger partial charge in [-0.3, -0.25) is 0 Å². The molecule has 2 rings (SSSR count). The lowest BCUT2D eigenvalue weighted by molar-refractivity contribution is 0.0515. The molecule has 0 atom stereocenters. The van der Waals surface area contributed by atoms with Crippen molar-refractivity contribution in [3.8, 4) is 0 Å². The van der Waals surface area contributed by atoms with Gasteiger partial charge in [-0.25, -0.2) is 9.59 Å². The van der Waals surface area contributed by atoms with Crippen LogP contribution in [0, 0.1) is 6.92 Å². The predicted molar refractivity (Wildman–Crippen MR) is 144 cm³/mol. The second-order valence-corrected chi connectivity index (χ2v) is 11.6. The smallest absolute Gasteiger partial charge is 0.338 e. The van der Waals surface area contributed by atoms with Crippen LogP contribution in [-0.2, 0) is 14.8 Å². The maximum atomic E-state index is 11.5. The fourth-order valence-electron chi connectivity index (χ4n) is 2.09. The van der Waals surface area contributed by atoms with Crippen LogP contribution in [0.4, 0.5) is 0 Å². The second-order valence-electron chi connectivity index (χ2n) is 5.76. The third-order valence-corrected chi connectivity index (χ3v) is 5.00. The first kappa shape index (κ1) is 32.0. The fourth-order valence-corrected chi connectivity index (χ4v) is 3.30. The molecule has 11 heteroatoms. The Labute approximate surface area is 233 Å². The minimum absolute atomic E-state index is 0.263. The Hall–Kier alpha value is -0.0200. The molecule has 0 amide bonds. The van der Waals surface area contributed by atoms with Crippen molar-refractivity contribution in [3.05, 3.63) is 67.6 Å². The Morgan fingerprint density at radius 1 is 0.844 bits per heavy atom. The molecule has 0 aliphatic heterocycles. The maximum absolute atomic E-state index is 11.5. The van der Waals surface area contributed by atoms with Crippen LogP contribution in [0.2, 0.25) is 0 Å². The van der Waals surface area contributed by atoms with Gasteiger partial charge in [-0.1, -0.05) is 106 Å². The minimum Gasteiger partial charge on any atom is -0.462 e. The van der Waals surface area contributed by atoms with E-state index >= 15 is 0 Å². The van der Waals surface area contributed by atoms with Crippen LogP contribution in [0.15, 0.2) is 45.3 Å². The Morgan fingerprint density at radius 3 is 1.69 bits per heavy atom. The zero-order chi connectivity index (χ0) is 24.9. The highest BCUT2D eigenvalue weighted by molar-refractivity contribution is 9.10. The number of hydrogen-bond acceptors (Lipinski definition) is 4. The van der Waals surface area contributed by atoms with Gasteiger partial charge < -0.3 is 9.47 Å². The van der Waals surface area contributed by atoms with Gasteiger partial charge in [-0.05, 0) is 56.2 Å². The summed E-state index contributed by atoms with van der Waals surface area (Å²) in [4.78, 5) is 22.9. The molecular weight excluding hydrogens is 698 g/mol. The van der Waals surface area contributed by atoms with Crippen molar-refractivity contribution in [2.45, 2.75) is 29.4 Å². The molecule has 0 fully saturated rings. The van der Waals surface area contributed by atoms with E-state index in [-0.39, 0.29) is 11.9 Å². The van der Waals surface area contributed by atoms with Crippen LogP contribution in [0.1, 0.15) is 45.7 Å². The van der Waals surface area contributed by atoms with Crippen LogP contribution in [0.25, 0.3) is 0 Å². The van der Waals surface area contributed by atoms with Gasteiger partial charge in [-0.15, -0.1) is 0 Å². The fraction of sp³-hybridized carbons (Fsp3) is 0.333. The summed E-state index contributed by atoms with van der Waals surface area (Å²) >= 11 is 29.3. The van der Waals surface area contributed by atoms with E-state index < -0.39 is 3.25 Å². The highest BCUT2D eigenvalue weighted by Gasteiger charge is 2.12. The van der Waals surface area contributed by atoms with Gasteiger partial charge >= 0.3 is 11.9 Å². The summed E-state index contributed by atoms with van der Waals surface area (Å²) in [5.41, 5.74) is 3.10. The number of halogens is 7. The average Bonchev–Trinajstić information content (AvgIpc) is 2.69.